The highest BCUT2D eigenvalue weighted by Crippen LogP contribution is 2.08. The molecule has 0 aliphatic carbocycles. The first-order chi connectivity index (χ1) is 7.13. The number of nitrogens with two attached hydrogens (primary N) is 1. The van der Waals surface area contributed by atoms with Crippen molar-refractivity contribution < 1.29 is 4.79 Å². The number of benzene rings is 1. The summed E-state index contributed by atoms with van der Waals surface area (Å²) in [5.41, 5.74) is 7.65. The Morgan fingerprint density at radius 3 is 2.47 bits per heavy atom. The number of rotatable bonds is 4. The molecule has 0 unspecified atom stereocenters. The normalized spacial score (nSPS) is 10.4. The lowest BCUT2D eigenvalue weighted by molar-refractivity contribution is -0.120. The predicted molar refractivity (Wildman–Crippen MR) is 61.3 cm³/mol. The zero-order chi connectivity index (χ0) is 11.3. The highest BCUT2D eigenvalue weighted by atomic mass is 16.1. The summed E-state index contributed by atoms with van der Waals surface area (Å²) >= 11 is 0. The van der Waals surface area contributed by atoms with E-state index >= 15 is 0 Å². The molecule has 0 saturated heterocycles. The molecule has 0 atom stereocenters. The highest BCUT2D eigenvalue weighted by Gasteiger charge is 2.07. The first-order valence-electron chi connectivity index (χ1n) is 5.19. The zero-order valence-corrected chi connectivity index (χ0v) is 9.29. The average Bonchev–Trinajstić information content (AvgIpc) is 2.17. The van der Waals surface area contributed by atoms with Crippen molar-refractivity contribution in [2.24, 2.45) is 5.73 Å². The van der Waals surface area contributed by atoms with Crippen LogP contribution in [0.3, 0.4) is 0 Å². The number of hydrogen-bond donors (Lipinski definition) is 2. The molecule has 1 amide bonds. The largest absolute Gasteiger partial charge is 0.354 e. The van der Waals surface area contributed by atoms with Crippen LogP contribution in [0, 0.1) is 0 Å². The Balaban J connectivity index is 2.67. The number of carbonyl (C=O) groups is 1. The van der Waals surface area contributed by atoms with Crippen LogP contribution in [0.5, 0.6) is 0 Å². The molecule has 0 saturated carbocycles. The van der Waals surface area contributed by atoms with Gasteiger partial charge in [-0.1, -0.05) is 24.3 Å². The number of hydrogen-bond acceptors (Lipinski definition) is 2. The van der Waals surface area contributed by atoms with E-state index in [-0.39, 0.29) is 11.9 Å². The van der Waals surface area contributed by atoms with Crippen molar-refractivity contribution in [3.05, 3.63) is 35.4 Å². The molecule has 82 valence electrons. The van der Waals surface area contributed by atoms with Gasteiger partial charge in [-0.15, -0.1) is 0 Å². The maximum atomic E-state index is 11.5. The van der Waals surface area contributed by atoms with Crippen LogP contribution in [0.4, 0.5) is 0 Å². The molecule has 3 nitrogen and oxygen atoms in total. The predicted octanol–water partition coefficient (Wildman–Crippen LogP) is 1.21. The van der Waals surface area contributed by atoms with Crippen molar-refractivity contribution in [1.82, 2.24) is 5.32 Å². The molecule has 0 aromatic heterocycles. The van der Waals surface area contributed by atoms with Gasteiger partial charge in [0.1, 0.15) is 0 Å². The summed E-state index contributed by atoms with van der Waals surface area (Å²) in [5.74, 6) is 0.0471. The number of amides is 1. The van der Waals surface area contributed by atoms with Gasteiger partial charge in [0.15, 0.2) is 0 Å². The second-order valence-electron chi connectivity index (χ2n) is 3.87. The van der Waals surface area contributed by atoms with Gasteiger partial charge >= 0.3 is 0 Å². The Kier molecular flexibility index (Phi) is 4.31. The molecule has 0 radical (unpaired) electrons. The smallest absolute Gasteiger partial charge is 0.224 e. The summed E-state index contributed by atoms with van der Waals surface area (Å²) in [6, 6.07) is 7.95. The quantitative estimate of drug-likeness (QED) is 0.778. The molecule has 15 heavy (non-hydrogen) atoms. The van der Waals surface area contributed by atoms with Crippen LogP contribution >= 0.6 is 0 Å². The van der Waals surface area contributed by atoms with Crippen molar-refractivity contribution in [2.45, 2.75) is 32.9 Å². The fraction of sp³-hybridized carbons (Fsp3) is 0.417. The van der Waals surface area contributed by atoms with Gasteiger partial charge < -0.3 is 11.1 Å². The zero-order valence-electron chi connectivity index (χ0n) is 9.29. The van der Waals surface area contributed by atoms with Crippen molar-refractivity contribution >= 4 is 5.91 Å². The number of nitrogens with one attached hydrogen (secondary N) is 1. The van der Waals surface area contributed by atoms with Crippen molar-refractivity contribution in [2.75, 3.05) is 0 Å². The minimum atomic E-state index is 0.0471. The van der Waals surface area contributed by atoms with E-state index in [0.29, 0.717) is 13.0 Å². The molecule has 0 aliphatic heterocycles. The van der Waals surface area contributed by atoms with E-state index in [1.807, 2.05) is 38.1 Å². The molecule has 1 rings (SSSR count). The Labute approximate surface area is 90.7 Å². The molecule has 3 heteroatoms. The first kappa shape index (κ1) is 11.7. The monoisotopic (exact) mass is 206 g/mol. The fourth-order valence-electron chi connectivity index (χ4n) is 1.48. The minimum Gasteiger partial charge on any atom is -0.354 e. The van der Waals surface area contributed by atoms with Crippen LogP contribution < -0.4 is 11.1 Å². The second-order valence-corrected chi connectivity index (χ2v) is 3.87. The average molecular weight is 206 g/mol. The van der Waals surface area contributed by atoms with Gasteiger partial charge in [-0.2, -0.15) is 0 Å². The summed E-state index contributed by atoms with van der Waals surface area (Å²) in [7, 11) is 0. The Morgan fingerprint density at radius 2 is 1.93 bits per heavy atom. The standard InChI is InChI=1S/C12H18N2O/c1-9(2)14-12(15)7-10-5-3-4-6-11(10)8-13/h3-6,9H,7-8,13H2,1-2H3,(H,14,15). The van der Waals surface area contributed by atoms with Gasteiger partial charge in [0.05, 0.1) is 6.42 Å². The fourth-order valence-corrected chi connectivity index (χ4v) is 1.48. The summed E-state index contributed by atoms with van der Waals surface area (Å²) in [5, 5.41) is 2.86. The minimum absolute atomic E-state index is 0.0471. The molecule has 1 aromatic carbocycles. The van der Waals surface area contributed by atoms with Crippen molar-refractivity contribution in [3.63, 3.8) is 0 Å². The van der Waals surface area contributed by atoms with E-state index in [1.165, 1.54) is 0 Å². The van der Waals surface area contributed by atoms with Gasteiger partial charge in [0.2, 0.25) is 5.91 Å². The third-order valence-corrected chi connectivity index (χ3v) is 2.14. The molecule has 0 fully saturated rings. The highest BCUT2D eigenvalue weighted by molar-refractivity contribution is 5.79. The van der Waals surface area contributed by atoms with Crippen LogP contribution in [-0.4, -0.2) is 11.9 Å². The molecule has 0 heterocycles. The third-order valence-electron chi connectivity index (χ3n) is 2.14. The molecular weight excluding hydrogens is 188 g/mol. The van der Waals surface area contributed by atoms with Gasteiger partial charge in [0.25, 0.3) is 0 Å². The maximum Gasteiger partial charge on any atom is 0.224 e. The van der Waals surface area contributed by atoms with Crippen LogP contribution in [0.15, 0.2) is 24.3 Å². The van der Waals surface area contributed by atoms with Gasteiger partial charge in [0, 0.05) is 12.6 Å². The lowest BCUT2D eigenvalue weighted by atomic mass is 10.0. The van der Waals surface area contributed by atoms with Crippen LogP contribution in [0.1, 0.15) is 25.0 Å². The molecular formula is C12H18N2O. The van der Waals surface area contributed by atoms with E-state index in [4.69, 9.17) is 5.73 Å². The van der Waals surface area contributed by atoms with E-state index in [0.717, 1.165) is 11.1 Å². The van der Waals surface area contributed by atoms with Crippen molar-refractivity contribution in [3.8, 4) is 0 Å². The molecule has 0 aliphatic rings. The summed E-state index contributed by atoms with van der Waals surface area (Å²) < 4.78 is 0. The van der Waals surface area contributed by atoms with Crippen molar-refractivity contribution in [1.29, 1.82) is 0 Å². The lowest BCUT2D eigenvalue weighted by Gasteiger charge is -2.10. The lowest BCUT2D eigenvalue weighted by Crippen LogP contribution is -2.31. The molecule has 3 N–H and O–H groups in total. The van der Waals surface area contributed by atoms with Crippen LogP contribution in [0.2, 0.25) is 0 Å². The second kappa shape index (κ2) is 5.51. The molecule has 0 bridgehead atoms. The van der Waals surface area contributed by atoms with E-state index < -0.39 is 0 Å². The SMILES string of the molecule is CC(C)NC(=O)Cc1ccccc1CN. The number of carbonyl (C=O) groups excluding carboxylic acids is 1. The Hall–Kier alpha value is -1.35. The van der Waals surface area contributed by atoms with E-state index in [9.17, 15) is 4.79 Å². The van der Waals surface area contributed by atoms with Crippen LogP contribution in [-0.2, 0) is 17.8 Å². The summed E-state index contributed by atoms with van der Waals surface area (Å²) in [6.45, 7) is 4.38. The third kappa shape index (κ3) is 3.72. The van der Waals surface area contributed by atoms with Gasteiger partial charge in [-0.25, -0.2) is 0 Å². The Morgan fingerprint density at radius 1 is 1.33 bits per heavy atom. The van der Waals surface area contributed by atoms with E-state index in [1.54, 1.807) is 0 Å². The molecule has 1 aromatic rings. The van der Waals surface area contributed by atoms with E-state index in [2.05, 4.69) is 5.32 Å². The van der Waals surface area contributed by atoms with Gasteiger partial charge in [-0.05, 0) is 25.0 Å². The summed E-state index contributed by atoms with van der Waals surface area (Å²) in [6.07, 6.45) is 0.408. The molecule has 0 spiro atoms. The maximum absolute atomic E-state index is 11.5. The topological polar surface area (TPSA) is 55.1 Å². The van der Waals surface area contributed by atoms with Gasteiger partial charge in [-0.3, -0.25) is 4.79 Å². The Bertz CT molecular complexity index is 334. The summed E-state index contributed by atoms with van der Waals surface area (Å²) in [4.78, 5) is 11.5. The van der Waals surface area contributed by atoms with Crippen LogP contribution in [0.25, 0.3) is 0 Å². The first-order valence-corrected chi connectivity index (χ1v) is 5.19.